The van der Waals surface area contributed by atoms with E-state index in [9.17, 15) is 9.59 Å². The molecule has 1 fully saturated rings. The van der Waals surface area contributed by atoms with E-state index in [1.807, 2.05) is 52.7 Å². The molecule has 2 amide bonds. The predicted octanol–water partition coefficient (Wildman–Crippen LogP) is 4.64. The van der Waals surface area contributed by atoms with Gasteiger partial charge in [-0.3, -0.25) is 9.59 Å². The Balaban J connectivity index is 1.40. The summed E-state index contributed by atoms with van der Waals surface area (Å²) in [6, 6.07) is 20.2. The summed E-state index contributed by atoms with van der Waals surface area (Å²) in [7, 11) is 0. The number of hydrogen-bond donors (Lipinski definition) is 1. The van der Waals surface area contributed by atoms with Gasteiger partial charge in [-0.2, -0.15) is 0 Å². The Hall–Kier alpha value is -3.45. The summed E-state index contributed by atoms with van der Waals surface area (Å²) in [5.74, 6) is -0.324. The third-order valence-electron chi connectivity index (χ3n) is 5.96. The van der Waals surface area contributed by atoms with Crippen LogP contribution < -0.4 is 5.32 Å². The second-order valence-electron chi connectivity index (χ2n) is 8.08. The van der Waals surface area contributed by atoms with Crippen LogP contribution in [0.5, 0.6) is 0 Å². The van der Waals surface area contributed by atoms with Crippen molar-refractivity contribution in [2.24, 2.45) is 5.92 Å². The van der Waals surface area contributed by atoms with Crippen molar-refractivity contribution in [1.29, 1.82) is 0 Å². The van der Waals surface area contributed by atoms with E-state index >= 15 is 0 Å². The third kappa shape index (κ3) is 4.16. The Morgan fingerprint density at radius 1 is 1.09 bits per heavy atom. The fourth-order valence-electron chi connectivity index (χ4n) is 4.35. The minimum atomic E-state index is -0.233. The number of thiazole rings is 1. The van der Waals surface area contributed by atoms with Crippen LogP contribution in [0.3, 0.4) is 0 Å². The van der Waals surface area contributed by atoms with Crippen molar-refractivity contribution in [3.63, 3.8) is 0 Å². The molecular weight excluding hydrogens is 420 g/mol. The standard InChI is InChI=1S/C25H24N4O2S/c30-23(27-25-26-12-14-32-25)20-10-6-13-28(17-20)24(31)22-15-19-9-4-5-11-21(19)29(22)16-18-7-2-1-3-8-18/h1-5,7-9,11-12,14-15,20H,6,10,13,16-17H2,(H,26,27,30). The van der Waals surface area contributed by atoms with Crippen LogP contribution in [0.4, 0.5) is 5.13 Å². The number of nitrogens with one attached hydrogen (secondary N) is 1. The molecule has 162 valence electrons. The quantitative estimate of drug-likeness (QED) is 0.488. The van der Waals surface area contributed by atoms with Crippen LogP contribution in [0.25, 0.3) is 10.9 Å². The molecule has 1 unspecified atom stereocenters. The molecule has 7 heteroatoms. The Morgan fingerprint density at radius 2 is 1.91 bits per heavy atom. The number of fused-ring (bicyclic) bond motifs is 1. The van der Waals surface area contributed by atoms with Gasteiger partial charge in [-0.25, -0.2) is 4.98 Å². The lowest BCUT2D eigenvalue weighted by atomic mass is 9.97. The first-order valence-electron chi connectivity index (χ1n) is 10.8. The first-order chi connectivity index (χ1) is 15.7. The number of nitrogens with zero attached hydrogens (tertiary/aromatic N) is 3. The number of aromatic nitrogens is 2. The summed E-state index contributed by atoms with van der Waals surface area (Å²) < 4.78 is 2.09. The summed E-state index contributed by atoms with van der Waals surface area (Å²) in [5, 5.41) is 6.35. The Bertz CT molecular complexity index is 1230. The van der Waals surface area contributed by atoms with Gasteiger partial charge in [0.15, 0.2) is 5.13 Å². The fourth-order valence-corrected chi connectivity index (χ4v) is 4.89. The SMILES string of the molecule is O=C(Nc1nccs1)C1CCCN(C(=O)c2cc3ccccc3n2Cc2ccccc2)C1. The molecule has 1 N–H and O–H groups in total. The van der Waals surface area contributed by atoms with E-state index in [0.29, 0.717) is 30.5 Å². The van der Waals surface area contributed by atoms with Crippen molar-refractivity contribution in [3.05, 3.63) is 83.5 Å². The number of rotatable bonds is 5. The van der Waals surface area contributed by atoms with Gasteiger partial charge in [0.25, 0.3) is 5.91 Å². The van der Waals surface area contributed by atoms with Gasteiger partial charge in [0.2, 0.25) is 5.91 Å². The van der Waals surface area contributed by atoms with E-state index in [0.717, 1.165) is 29.3 Å². The number of piperidine rings is 1. The summed E-state index contributed by atoms with van der Waals surface area (Å²) in [6.45, 7) is 1.70. The average molecular weight is 445 g/mol. The molecule has 6 nitrogen and oxygen atoms in total. The van der Waals surface area contributed by atoms with E-state index in [2.05, 4.69) is 33.1 Å². The number of amides is 2. The largest absolute Gasteiger partial charge is 0.337 e. The van der Waals surface area contributed by atoms with Gasteiger partial charge < -0.3 is 14.8 Å². The molecule has 1 aliphatic rings. The van der Waals surface area contributed by atoms with Crippen LogP contribution in [0.15, 0.2) is 72.2 Å². The minimum Gasteiger partial charge on any atom is -0.337 e. The van der Waals surface area contributed by atoms with Gasteiger partial charge in [-0.1, -0.05) is 48.5 Å². The monoisotopic (exact) mass is 444 g/mol. The van der Waals surface area contributed by atoms with Crippen LogP contribution in [0.1, 0.15) is 28.9 Å². The smallest absolute Gasteiger partial charge is 0.270 e. The number of anilines is 1. The van der Waals surface area contributed by atoms with Gasteiger partial charge in [0.05, 0.1) is 5.92 Å². The topological polar surface area (TPSA) is 67.2 Å². The highest BCUT2D eigenvalue weighted by molar-refractivity contribution is 7.13. The summed E-state index contributed by atoms with van der Waals surface area (Å²) in [5.41, 5.74) is 2.84. The molecule has 5 rings (SSSR count). The average Bonchev–Trinajstić information content (AvgIpc) is 3.47. The Morgan fingerprint density at radius 3 is 2.72 bits per heavy atom. The maximum atomic E-state index is 13.6. The molecule has 32 heavy (non-hydrogen) atoms. The van der Waals surface area contributed by atoms with Crippen molar-refractivity contribution in [2.75, 3.05) is 18.4 Å². The van der Waals surface area contributed by atoms with Gasteiger partial charge >= 0.3 is 0 Å². The summed E-state index contributed by atoms with van der Waals surface area (Å²) >= 11 is 1.40. The molecule has 0 aliphatic carbocycles. The zero-order valence-corrected chi connectivity index (χ0v) is 18.4. The summed E-state index contributed by atoms with van der Waals surface area (Å²) in [6.07, 6.45) is 3.25. The lowest BCUT2D eigenvalue weighted by molar-refractivity contribution is -0.121. The summed E-state index contributed by atoms with van der Waals surface area (Å²) in [4.78, 5) is 32.3. The van der Waals surface area contributed by atoms with E-state index in [1.54, 1.807) is 6.20 Å². The second kappa shape index (κ2) is 8.96. The highest BCUT2D eigenvalue weighted by Gasteiger charge is 2.31. The van der Waals surface area contributed by atoms with Crippen LogP contribution in [0.2, 0.25) is 0 Å². The number of carbonyl (C=O) groups is 2. The molecule has 0 saturated carbocycles. The first-order valence-corrected chi connectivity index (χ1v) is 11.7. The molecule has 1 saturated heterocycles. The highest BCUT2D eigenvalue weighted by atomic mass is 32.1. The zero-order valence-electron chi connectivity index (χ0n) is 17.6. The molecule has 0 spiro atoms. The lowest BCUT2D eigenvalue weighted by Gasteiger charge is -2.32. The van der Waals surface area contributed by atoms with Crippen LogP contribution >= 0.6 is 11.3 Å². The van der Waals surface area contributed by atoms with E-state index in [4.69, 9.17) is 0 Å². The van der Waals surface area contributed by atoms with E-state index in [-0.39, 0.29) is 17.7 Å². The number of para-hydroxylation sites is 1. The normalized spacial score (nSPS) is 16.2. The third-order valence-corrected chi connectivity index (χ3v) is 6.64. The van der Waals surface area contributed by atoms with Gasteiger partial charge in [-0.05, 0) is 30.5 Å². The minimum absolute atomic E-state index is 0.0242. The predicted molar refractivity (Wildman–Crippen MR) is 127 cm³/mol. The maximum absolute atomic E-state index is 13.6. The first kappa shape index (κ1) is 20.5. The second-order valence-corrected chi connectivity index (χ2v) is 8.97. The van der Waals surface area contributed by atoms with E-state index in [1.165, 1.54) is 11.3 Å². The maximum Gasteiger partial charge on any atom is 0.270 e. The number of benzene rings is 2. The van der Waals surface area contributed by atoms with E-state index < -0.39 is 0 Å². The van der Waals surface area contributed by atoms with Crippen molar-refractivity contribution in [3.8, 4) is 0 Å². The molecule has 0 radical (unpaired) electrons. The van der Waals surface area contributed by atoms with Gasteiger partial charge in [-0.15, -0.1) is 11.3 Å². The van der Waals surface area contributed by atoms with Crippen molar-refractivity contribution in [1.82, 2.24) is 14.5 Å². The fraction of sp³-hybridized carbons (Fsp3) is 0.240. The number of hydrogen-bond acceptors (Lipinski definition) is 4. The van der Waals surface area contributed by atoms with Crippen LogP contribution in [-0.2, 0) is 11.3 Å². The lowest BCUT2D eigenvalue weighted by Crippen LogP contribution is -2.44. The van der Waals surface area contributed by atoms with Crippen molar-refractivity contribution < 1.29 is 9.59 Å². The number of carbonyl (C=O) groups excluding carboxylic acids is 2. The van der Waals surface area contributed by atoms with Gasteiger partial charge in [0, 0.05) is 42.1 Å². The molecule has 0 bridgehead atoms. The molecule has 1 atom stereocenters. The highest BCUT2D eigenvalue weighted by Crippen LogP contribution is 2.26. The molecular formula is C25H24N4O2S. The zero-order chi connectivity index (χ0) is 21.9. The molecule has 4 aromatic rings. The van der Waals surface area contributed by atoms with Gasteiger partial charge in [0.1, 0.15) is 5.69 Å². The van der Waals surface area contributed by atoms with Crippen molar-refractivity contribution in [2.45, 2.75) is 19.4 Å². The molecule has 1 aliphatic heterocycles. The van der Waals surface area contributed by atoms with Crippen molar-refractivity contribution >= 4 is 39.2 Å². The van der Waals surface area contributed by atoms with Crippen LogP contribution in [-0.4, -0.2) is 39.4 Å². The number of likely N-dealkylation sites (tertiary alicyclic amines) is 1. The van der Waals surface area contributed by atoms with Crippen LogP contribution in [0, 0.1) is 5.92 Å². The Labute approximate surface area is 190 Å². The Kier molecular flexibility index (Phi) is 5.73. The molecule has 2 aromatic carbocycles. The molecule has 3 heterocycles. The molecule has 2 aromatic heterocycles.